The minimum Gasteiger partial charge on any atom is -0.381 e. The molecular formula is C14H21N3O2. The van der Waals surface area contributed by atoms with Crippen LogP contribution in [-0.2, 0) is 16.1 Å². The second-order valence-electron chi connectivity index (χ2n) is 5.05. The van der Waals surface area contributed by atoms with Crippen molar-refractivity contribution in [1.29, 1.82) is 0 Å². The van der Waals surface area contributed by atoms with Gasteiger partial charge in [-0.05, 0) is 18.6 Å². The van der Waals surface area contributed by atoms with Crippen LogP contribution in [0.25, 0.3) is 0 Å². The topological polar surface area (TPSA) is 68.4 Å². The number of primary amides is 1. The highest BCUT2D eigenvalue weighted by molar-refractivity contribution is 5.74. The average Bonchev–Trinajstić information content (AvgIpc) is 2.39. The summed E-state index contributed by atoms with van der Waals surface area (Å²) in [6, 6.07) is 5.92. The van der Waals surface area contributed by atoms with Crippen molar-refractivity contribution in [2.45, 2.75) is 25.5 Å². The number of hydrogen-bond acceptors (Lipinski definition) is 4. The summed E-state index contributed by atoms with van der Waals surface area (Å²) >= 11 is 0. The Balaban J connectivity index is 1.95. The predicted molar refractivity (Wildman–Crippen MR) is 72.2 cm³/mol. The third kappa shape index (κ3) is 4.01. The van der Waals surface area contributed by atoms with Crippen LogP contribution in [0, 0.1) is 5.92 Å². The Hall–Kier alpha value is -1.46. The Bertz CT molecular complexity index is 410. The summed E-state index contributed by atoms with van der Waals surface area (Å²) < 4.78 is 5.45. The van der Waals surface area contributed by atoms with E-state index in [1.165, 1.54) is 0 Å². The van der Waals surface area contributed by atoms with Crippen LogP contribution in [0.4, 0.5) is 0 Å². The van der Waals surface area contributed by atoms with Crippen molar-refractivity contribution in [3.63, 3.8) is 0 Å². The lowest BCUT2D eigenvalue weighted by Gasteiger charge is -2.37. The second-order valence-corrected chi connectivity index (χ2v) is 5.05. The van der Waals surface area contributed by atoms with E-state index in [0.29, 0.717) is 6.42 Å². The SMILES string of the molecule is CO[C@@H]1CCN(Cc2ccccn2)C[C@H]1CC(N)=O. The second kappa shape index (κ2) is 6.63. The smallest absolute Gasteiger partial charge is 0.217 e. The van der Waals surface area contributed by atoms with Crippen LogP contribution in [0.2, 0.25) is 0 Å². The predicted octanol–water partition coefficient (Wildman–Crippen LogP) is 0.794. The highest BCUT2D eigenvalue weighted by Crippen LogP contribution is 2.23. The molecule has 2 heterocycles. The molecule has 0 radical (unpaired) electrons. The monoisotopic (exact) mass is 263 g/mol. The average molecular weight is 263 g/mol. The molecule has 1 fully saturated rings. The van der Waals surface area contributed by atoms with E-state index in [-0.39, 0.29) is 17.9 Å². The molecule has 1 aromatic rings. The molecule has 0 spiro atoms. The molecule has 104 valence electrons. The zero-order chi connectivity index (χ0) is 13.7. The lowest BCUT2D eigenvalue weighted by Crippen LogP contribution is -2.45. The van der Waals surface area contributed by atoms with E-state index in [1.807, 2.05) is 18.2 Å². The number of nitrogens with zero attached hydrogens (tertiary/aromatic N) is 2. The van der Waals surface area contributed by atoms with Crippen molar-refractivity contribution in [1.82, 2.24) is 9.88 Å². The van der Waals surface area contributed by atoms with Gasteiger partial charge in [-0.2, -0.15) is 0 Å². The van der Waals surface area contributed by atoms with E-state index in [0.717, 1.165) is 31.7 Å². The molecule has 1 aliphatic heterocycles. The molecule has 2 rings (SSSR count). The number of pyridine rings is 1. The maximum Gasteiger partial charge on any atom is 0.217 e. The summed E-state index contributed by atoms with van der Waals surface area (Å²) in [5, 5.41) is 0. The fraction of sp³-hybridized carbons (Fsp3) is 0.571. The van der Waals surface area contributed by atoms with Gasteiger partial charge in [-0.3, -0.25) is 14.7 Å². The van der Waals surface area contributed by atoms with Gasteiger partial charge in [0.2, 0.25) is 5.91 Å². The van der Waals surface area contributed by atoms with Crippen molar-refractivity contribution in [2.75, 3.05) is 20.2 Å². The summed E-state index contributed by atoms with van der Waals surface area (Å²) in [5.41, 5.74) is 6.36. The van der Waals surface area contributed by atoms with E-state index in [9.17, 15) is 4.79 Å². The Labute approximate surface area is 113 Å². The normalized spacial score (nSPS) is 24.3. The van der Waals surface area contributed by atoms with Gasteiger partial charge < -0.3 is 10.5 Å². The van der Waals surface area contributed by atoms with Gasteiger partial charge in [0.25, 0.3) is 0 Å². The molecule has 0 aromatic carbocycles. The number of hydrogen-bond donors (Lipinski definition) is 1. The van der Waals surface area contributed by atoms with E-state index in [2.05, 4.69) is 9.88 Å². The number of rotatable bonds is 5. The van der Waals surface area contributed by atoms with E-state index in [4.69, 9.17) is 10.5 Å². The summed E-state index contributed by atoms with van der Waals surface area (Å²) in [7, 11) is 1.70. The lowest BCUT2D eigenvalue weighted by molar-refractivity contribution is -0.121. The van der Waals surface area contributed by atoms with Crippen LogP contribution in [0.1, 0.15) is 18.5 Å². The van der Waals surface area contributed by atoms with Gasteiger partial charge in [0, 0.05) is 45.3 Å². The standard InChI is InChI=1S/C14H21N3O2/c1-19-13-5-7-17(9-11(13)8-14(15)18)10-12-4-2-3-6-16-12/h2-4,6,11,13H,5,7-10H2,1H3,(H2,15,18)/t11-,13-/m1/s1. The zero-order valence-electron chi connectivity index (χ0n) is 11.3. The zero-order valence-corrected chi connectivity index (χ0v) is 11.3. The van der Waals surface area contributed by atoms with E-state index >= 15 is 0 Å². The van der Waals surface area contributed by atoms with Crippen LogP contribution in [0.15, 0.2) is 24.4 Å². The van der Waals surface area contributed by atoms with Crippen molar-refractivity contribution in [3.05, 3.63) is 30.1 Å². The first-order chi connectivity index (χ1) is 9.19. The molecule has 0 bridgehead atoms. The van der Waals surface area contributed by atoms with Crippen LogP contribution < -0.4 is 5.73 Å². The van der Waals surface area contributed by atoms with Gasteiger partial charge >= 0.3 is 0 Å². The molecule has 2 atom stereocenters. The lowest BCUT2D eigenvalue weighted by atomic mass is 9.91. The van der Waals surface area contributed by atoms with Crippen LogP contribution in [0.5, 0.6) is 0 Å². The summed E-state index contributed by atoms with van der Waals surface area (Å²) in [4.78, 5) is 17.8. The molecule has 19 heavy (non-hydrogen) atoms. The first-order valence-electron chi connectivity index (χ1n) is 6.62. The minimum absolute atomic E-state index is 0.132. The molecule has 0 aliphatic carbocycles. The van der Waals surface area contributed by atoms with Gasteiger partial charge in [0.15, 0.2) is 0 Å². The molecule has 0 unspecified atom stereocenters. The third-order valence-electron chi connectivity index (χ3n) is 3.63. The highest BCUT2D eigenvalue weighted by Gasteiger charge is 2.30. The Morgan fingerprint density at radius 1 is 1.58 bits per heavy atom. The van der Waals surface area contributed by atoms with Crippen molar-refractivity contribution in [3.8, 4) is 0 Å². The molecule has 1 aromatic heterocycles. The number of methoxy groups -OCH3 is 1. The summed E-state index contributed by atoms with van der Waals surface area (Å²) in [6.07, 6.45) is 3.25. The maximum atomic E-state index is 11.1. The first-order valence-corrected chi connectivity index (χ1v) is 6.62. The number of carbonyl (C=O) groups is 1. The third-order valence-corrected chi connectivity index (χ3v) is 3.63. The Morgan fingerprint density at radius 3 is 3.05 bits per heavy atom. The Kier molecular flexibility index (Phi) is 4.87. The summed E-state index contributed by atoms with van der Waals surface area (Å²) in [6.45, 7) is 2.61. The molecule has 2 N–H and O–H groups in total. The number of aromatic nitrogens is 1. The van der Waals surface area contributed by atoms with Gasteiger partial charge in [-0.15, -0.1) is 0 Å². The highest BCUT2D eigenvalue weighted by atomic mass is 16.5. The number of nitrogens with two attached hydrogens (primary N) is 1. The fourth-order valence-corrected chi connectivity index (χ4v) is 2.72. The Morgan fingerprint density at radius 2 is 2.42 bits per heavy atom. The number of likely N-dealkylation sites (tertiary alicyclic amines) is 1. The molecule has 5 heteroatoms. The van der Waals surface area contributed by atoms with E-state index in [1.54, 1.807) is 13.3 Å². The number of ether oxygens (including phenoxy) is 1. The van der Waals surface area contributed by atoms with Crippen LogP contribution >= 0.6 is 0 Å². The summed E-state index contributed by atoms with van der Waals surface area (Å²) in [5.74, 6) is -0.0771. The van der Waals surface area contributed by atoms with Gasteiger partial charge in [0.05, 0.1) is 11.8 Å². The quantitative estimate of drug-likeness (QED) is 0.853. The van der Waals surface area contributed by atoms with E-state index < -0.39 is 0 Å². The van der Waals surface area contributed by atoms with Gasteiger partial charge in [0.1, 0.15) is 0 Å². The minimum atomic E-state index is -0.258. The van der Waals surface area contributed by atoms with Gasteiger partial charge in [-0.1, -0.05) is 6.07 Å². The molecule has 1 aliphatic rings. The molecular weight excluding hydrogens is 242 g/mol. The van der Waals surface area contributed by atoms with Crippen molar-refractivity contribution < 1.29 is 9.53 Å². The number of carbonyl (C=O) groups excluding carboxylic acids is 1. The fourth-order valence-electron chi connectivity index (χ4n) is 2.72. The largest absolute Gasteiger partial charge is 0.381 e. The molecule has 1 amide bonds. The molecule has 0 saturated carbocycles. The molecule has 5 nitrogen and oxygen atoms in total. The maximum absolute atomic E-state index is 11.1. The van der Waals surface area contributed by atoms with Crippen LogP contribution in [-0.4, -0.2) is 42.1 Å². The number of piperidine rings is 1. The van der Waals surface area contributed by atoms with Crippen molar-refractivity contribution >= 4 is 5.91 Å². The number of amides is 1. The van der Waals surface area contributed by atoms with Gasteiger partial charge in [-0.25, -0.2) is 0 Å². The molecule has 1 saturated heterocycles. The van der Waals surface area contributed by atoms with Crippen molar-refractivity contribution in [2.24, 2.45) is 11.7 Å². The first kappa shape index (κ1) is 14.0. The van der Waals surface area contributed by atoms with Crippen LogP contribution in [0.3, 0.4) is 0 Å².